The number of carbonyl (C=O) groups is 6. The van der Waals surface area contributed by atoms with Crippen LogP contribution < -0.4 is 0 Å². The number of hydrogen-bond donors (Lipinski definition) is 30. The maximum absolute atomic E-state index is 10.8. The lowest BCUT2D eigenvalue weighted by atomic mass is 9.99. The second-order valence-electron chi connectivity index (χ2n) is 23.5. The molecular formula is C58H106O48. The van der Waals surface area contributed by atoms with Gasteiger partial charge < -0.3 is 210 Å². The lowest BCUT2D eigenvalue weighted by Gasteiger charge is -2.40. The number of aliphatic hydroxyl groups is 24. The number of carboxylic acids is 6. The fraction of sp³-hybridized carbons (Fsp3) is 0.897. The molecule has 6 saturated heterocycles. The van der Waals surface area contributed by atoms with E-state index in [-0.39, 0.29) is 33.1 Å². The minimum Gasteiger partial charge on any atom is -0.480 e. The molecule has 0 saturated carbocycles. The fourth-order valence-corrected chi connectivity index (χ4v) is 9.48. The van der Waals surface area contributed by atoms with Crippen molar-refractivity contribution in [3.05, 3.63) is 0 Å². The summed E-state index contributed by atoms with van der Waals surface area (Å²) in [4.78, 5) is 63.9. The van der Waals surface area contributed by atoms with Crippen LogP contribution in [0, 0.1) is 0 Å². The third kappa shape index (κ3) is 29.6. The molecule has 0 spiro atoms. The second kappa shape index (κ2) is 49.6. The smallest absolute Gasteiger partial charge is 0.332 e. The van der Waals surface area contributed by atoms with Gasteiger partial charge in [0.2, 0.25) is 0 Å². The van der Waals surface area contributed by atoms with E-state index >= 15 is 0 Å². The van der Waals surface area contributed by atoms with Crippen molar-refractivity contribution in [2.45, 2.75) is 282 Å². The molecule has 0 aromatic heterocycles. The van der Waals surface area contributed by atoms with E-state index in [4.69, 9.17) is 113 Å². The lowest BCUT2D eigenvalue weighted by molar-refractivity contribution is -0.310. The Morgan fingerprint density at radius 1 is 0.274 bits per heavy atom. The Kier molecular flexibility index (Phi) is 47.4. The highest BCUT2D eigenvalue weighted by Gasteiger charge is 2.51. The van der Waals surface area contributed by atoms with Crippen molar-refractivity contribution in [2.75, 3.05) is 46.2 Å². The van der Waals surface area contributed by atoms with Crippen molar-refractivity contribution in [1.29, 1.82) is 0 Å². The predicted molar refractivity (Wildman–Crippen MR) is 332 cm³/mol. The SMILES string of the molecule is C.CC(O[C@H]1OC(CO)[C@@H](O)[C@H](O)C1O)C(=O)O.CCC(O[C@H]1OC(CO)[C@@H](O)[C@H](O)C1O)C(=O)O.CCC(O[C@H]1OC(CO)[C@@H](O)[C@H](O)C1O)C(=O)O.CC[C@@H](O[C@H]1OC(CO)[C@@H](O)[C@H](O)C1O)C(=O)O.CC[C@@H](O[C@H]1OC(CO)[C@@H](O)[C@H](O)C1O)C(=O)O.O=C(O)CO[C@H]1OC(CO)[C@@H](O)[C@H](O)C1O. The molecule has 6 rings (SSSR count). The first-order valence-corrected chi connectivity index (χ1v) is 32.1. The van der Waals surface area contributed by atoms with E-state index in [1.165, 1.54) is 6.92 Å². The van der Waals surface area contributed by atoms with Gasteiger partial charge in [0.15, 0.2) is 68.3 Å². The molecule has 48 nitrogen and oxygen atoms in total. The van der Waals surface area contributed by atoms with Crippen LogP contribution in [0.3, 0.4) is 0 Å². The first kappa shape index (κ1) is 101. The summed E-state index contributed by atoms with van der Waals surface area (Å²) in [6.45, 7) is 3.26. The molecule has 6 aliphatic rings. The summed E-state index contributed by atoms with van der Waals surface area (Å²) < 4.78 is 59.5. The summed E-state index contributed by atoms with van der Waals surface area (Å²) in [5, 5.41) is 276. The quantitative estimate of drug-likeness (QED) is 0.0346. The Bertz CT molecular complexity index is 2260. The lowest BCUT2D eigenvalue weighted by Crippen LogP contribution is -2.60. The van der Waals surface area contributed by atoms with Crippen LogP contribution in [0.2, 0.25) is 0 Å². The number of hydrogen-bond acceptors (Lipinski definition) is 42. The molecule has 0 aromatic rings. The third-order valence-corrected chi connectivity index (χ3v) is 15.9. The maximum atomic E-state index is 10.8. The van der Waals surface area contributed by atoms with Gasteiger partial charge in [0, 0.05) is 0 Å². The van der Waals surface area contributed by atoms with Gasteiger partial charge in [0.25, 0.3) is 0 Å². The molecule has 626 valence electrons. The highest BCUT2D eigenvalue weighted by Crippen LogP contribution is 2.29. The number of ether oxygens (including phenoxy) is 12. The van der Waals surface area contributed by atoms with Crippen LogP contribution >= 0.6 is 0 Å². The second-order valence-corrected chi connectivity index (χ2v) is 23.5. The summed E-state index contributed by atoms with van der Waals surface area (Å²) in [6, 6.07) is 0. The molecule has 0 amide bonds. The third-order valence-electron chi connectivity index (χ3n) is 15.9. The van der Waals surface area contributed by atoms with Crippen LogP contribution in [-0.4, -0.2) is 450 Å². The van der Waals surface area contributed by atoms with Crippen LogP contribution in [0.25, 0.3) is 0 Å². The van der Waals surface area contributed by atoms with Crippen molar-refractivity contribution in [2.24, 2.45) is 0 Å². The van der Waals surface area contributed by atoms with E-state index in [1.54, 1.807) is 27.7 Å². The molecule has 15 unspecified atom stereocenters. The van der Waals surface area contributed by atoms with E-state index in [9.17, 15) is 121 Å². The van der Waals surface area contributed by atoms with Gasteiger partial charge >= 0.3 is 35.8 Å². The Labute approximate surface area is 602 Å². The highest BCUT2D eigenvalue weighted by molar-refractivity contribution is 5.73. The summed E-state index contributed by atoms with van der Waals surface area (Å²) in [5.74, 6) is -7.44. The van der Waals surface area contributed by atoms with E-state index < -0.39 is 297 Å². The summed E-state index contributed by atoms with van der Waals surface area (Å²) in [5.41, 5.74) is 0. The largest absolute Gasteiger partial charge is 0.480 e. The first-order valence-electron chi connectivity index (χ1n) is 32.1. The van der Waals surface area contributed by atoms with E-state index in [0.29, 0.717) is 0 Å². The zero-order valence-corrected chi connectivity index (χ0v) is 56.8. The fourth-order valence-electron chi connectivity index (χ4n) is 9.48. The molecule has 48 heteroatoms. The normalized spacial score (nSPS) is 38.5. The predicted octanol–water partition coefficient (Wildman–Crippen LogP) is -14.5. The van der Waals surface area contributed by atoms with Crippen molar-refractivity contribution in [3.8, 4) is 0 Å². The van der Waals surface area contributed by atoms with E-state index in [2.05, 4.69) is 4.74 Å². The van der Waals surface area contributed by atoms with E-state index in [0.717, 1.165) is 0 Å². The molecule has 0 aromatic carbocycles. The molecule has 30 N–H and O–H groups in total. The molecule has 0 aliphatic carbocycles. The average molecular weight is 1570 g/mol. The summed E-state index contributed by atoms with van der Waals surface area (Å²) in [7, 11) is 0. The number of carboxylic acid groups (broad SMARTS) is 6. The van der Waals surface area contributed by atoms with Crippen LogP contribution in [0.5, 0.6) is 0 Å². The van der Waals surface area contributed by atoms with Gasteiger partial charge in [-0.3, -0.25) is 0 Å². The monoisotopic (exact) mass is 1570 g/mol. The van der Waals surface area contributed by atoms with Crippen LogP contribution in [-0.2, 0) is 85.6 Å². The molecule has 0 bridgehead atoms. The molecule has 6 heterocycles. The van der Waals surface area contributed by atoms with Gasteiger partial charge in [-0.25, -0.2) is 28.8 Å². The minimum atomic E-state index is -1.59. The van der Waals surface area contributed by atoms with Crippen LogP contribution in [0.4, 0.5) is 0 Å². The highest BCUT2D eigenvalue weighted by atomic mass is 16.8. The number of aliphatic hydroxyl groups excluding tert-OH is 24. The number of aliphatic carboxylic acids is 6. The molecule has 6 aliphatic heterocycles. The number of rotatable bonds is 28. The Hall–Kier alpha value is -4.62. The minimum absolute atomic E-state index is 0. The summed E-state index contributed by atoms with van der Waals surface area (Å²) >= 11 is 0. The molecule has 35 atom stereocenters. The van der Waals surface area contributed by atoms with E-state index in [1.807, 2.05) is 0 Å². The van der Waals surface area contributed by atoms with Crippen molar-refractivity contribution < 1.29 is 239 Å². The van der Waals surface area contributed by atoms with Crippen molar-refractivity contribution in [1.82, 2.24) is 0 Å². The van der Waals surface area contributed by atoms with Crippen molar-refractivity contribution in [3.63, 3.8) is 0 Å². The standard InChI is InChI=1S/4C10H18O8.C9H16O8.C8H14O8.CH4/c4*1-2-4(9(15)16)17-10-8(14)7(13)6(12)5(3-11)18-10;1-3(8(14)15)16-9-7(13)6(12)5(11)4(2-10)17-9;9-1-3-5(12)6(13)7(14)8(16-3)15-2-4(10)11;/h4*4-8,10-14H,2-3H2,1H3,(H,15,16);3-7,9-13H,2H2,1H3,(H,14,15);3,5-9,12-14H,1-2H2,(H,10,11);1H4/t2*4?,5?,6-,7+,8?,10+;2*4-,5?,6-,7+,8?,10+;3?,4?,5-,6+,7?,9+;3?,5-,6+,7?,8+;/m111111./s1. The van der Waals surface area contributed by atoms with Crippen LogP contribution in [0.1, 0.15) is 67.7 Å². The van der Waals surface area contributed by atoms with Crippen molar-refractivity contribution >= 4 is 35.8 Å². The zero-order valence-electron chi connectivity index (χ0n) is 56.8. The molecule has 6 fully saturated rings. The Balaban J connectivity index is 0.00000125. The maximum Gasteiger partial charge on any atom is 0.332 e. The topological polar surface area (TPSA) is 820 Å². The van der Waals surface area contributed by atoms with Gasteiger partial charge in [-0.2, -0.15) is 0 Å². The van der Waals surface area contributed by atoms with Gasteiger partial charge in [-0.15, -0.1) is 0 Å². The van der Waals surface area contributed by atoms with Gasteiger partial charge in [-0.1, -0.05) is 35.1 Å². The molecule has 0 radical (unpaired) electrons. The van der Waals surface area contributed by atoms with Gasteiger partial charge in [0.1, 0.15) is 153 Å². The molecule has 106 heavy (non-hydrogen) atoms. The zero-order chi connectivity index (χ0) is 80.9. The Morgan fingerprint density at radius 3 is 0.594 bits per heavy atom. The average Bonchev–Trinajstić information content (AvgIpc) is 0.850. The summed E-state index contributed by atoms with van der Waals surface area (Å²) in [6.07, 6.45) is -48.5. The molecular weight excluding hydrogens is 1460 g/mol. The van der Waals surface area contributed by atoms with Crippen LogP contribution in [0.15, 0.2) is 0 Å². The first-order chi connectivity index (χ1) is 49.0. The Morgan fingerprint density at radius 2 is 0.443 bits per heavy atom. The van der Waals surface area contributed by atoms with Gasteiger partial charge in [-0.05, 0) is 32.6 Å². The van der Waals surface area contributed by atoms with Gasteiger partial charge in [0.05, 0.1) is 39.6 Å².